The summed E-state index contributed by atoms with van der Waals surface area (Å²) in [6.07, 6.45) is 0.924. The molecule has 0 unspecified atom stereocenters. The van der Waals surface area contributed by atoms with E-state index >= 15 is 0 Å². The topological polar surface area (TPSA) is 83.1 Å². The Kier molecular flexibility index (Phi) is 7.92. The lowest BCUT2D eigenvalue weighted by Crippen LogP contribution is -2.51. The number of hydrogen-bond donors (Lipinski definition) is 2. The van der Waals surface area contributed by atoms with Gasteiger partial charge in [0.15, 0.2) is 0 Å². The molecule has 2 aromatic carbocycles. The average Bonchev–Trinajstić information content (AvgIpc) is 2.89. The van der Waals surface area contributed by atoms with E-state index in [0.717, 1.165) is 49.6 Å². The molecule has 0 bridgehead atoms. The number of methoxy groups -OCH3 is 1. The molecule has 1 atom stereocenters. The molecular weight excluding hydrogens is 444 g/mol. The predicted octanol–water partition coefficient (Wildman–Crippen LogP) is 3.25. The van der Waals surface area contributed by atoms with E-state index in [-0.39, 0.29) is 12.6 Å². The van der Waals surface area contributed by atoms with Crippen molar-refractivity contribution in [3.8, 4) is 5.75 Å². The van der Waals surface area contributed by atoms with Crippen LogP contribution in [-0.4, -0.2) is 63.3 Å². The van der Waals surface area contributed by atoms with Crippen molar-refractivity contribution in [2.24, 2.45) is 0 Å². The summed E-state index contributed by atoms with van der Waals surface area (Å²) in [7, 11) is 1.66. The Bertz CT molecular complexity index is 1060. The minimum atomic E-state index is -0.552. The van der Waals surface area contributed by atoms with Crippen LogP contribution in [0.5, 0.6) is 5.75 Å². The Balaban J connectivity index is 1.52. The average molecular weight is 479 g/mol. The summed E-state index contributed by atoms with van der Waals surface area (Å²) in [5, 5.41) is 5.81. The minimum absolute atomic E-state index is 0.269. The van der Waals surface area contributed by atoms with Crippen molar-refractivity contribution in [3.05, 3.63) is 70.9 Å². The maximum Gasteiger partial charge on any atom is 0.338 e. The lowest BCUT2D eigenvalue weighted by molar-refractivity contribution is -0.139. The van der Waals surface area contributed by atoms with E-state index in [2.05, 4.69) is 39.5 Å². The van der Waals surface area contributed by atoms with Crippen molar-refractivity contribution >= 4 is 17.7 Å². The SMILES string of the molecule is CCOC(=O)C1=C(CN2CCN(c3ccc(OC)cc3)CC2)NC(=O)N[C@H]1c1ccc(CC)cc1. The van der Waals surface area contributed by atoms with Gasteiger partial charge < -0.3 is 25.0 Å². The summed E-state index contributed by atoms with van der Waals surface area (Å²) in [4.78, 5) is 30.2. The van der Waals surface area contributed by atoms with Crippen molar-refractivity contribution in [1.29, 1.82) is 0 Å². The van der Waals surface area contributed by atoms with Crippen molar-refractivity contribution in [3.63, 3.8) is 0 Å². The van der Waals surface area contributed by atoms with Crippen molar-refractivity contribution in [2.75, 3.05) is 51.3 Å². The van der Waals surface area contributed by atoms with E-state index in [4.69, 9.17) is 9.47 Å². The molecule has 35 heavy (non-hydrogen) atoms. The van der Waals surface area contributed by atoms with Crippen molar-refractivity contribution < 1.29 is 19.1 Å². The molecular formula is C27H34N4O4. The van der Waals surface area contributed by atoms with Crippen LogP contribution in [0.4, 0.5) is 10.5 Å². The van der Waals surface area contributed by atoms with Gasteiger partial charge in [0.2, 0.25) is 0 Å². The molecule has 1 fully saturated rings. The second-order valence-corrected chi connectivity index (χ2v) is 8.70. The second kappa shape index (κ2) is 11.3. The fraction of sp³-hybridized carbons (Fsp3) is 0.407. The summed E-state index contributed by atoms with van der Waals surface area (Å²) < 4.78 is 10.7. The van der Waals surface area contributed by atoms with Gasteiger partial charge >= 0.3 is 12.0 Å². The van der Waals surface area contributed by atoms with Gasteiger partial charge in [0, 0.05) is 44.1 Å². The normalized spacial score (nSPS) is 18.7. The van der Waals surface area contributed by atoms with E-state index in [1.807, 2.05) is 36.4 Å². The number of rotatable bonds is 8. The Morgan fingerprint density at radius 1 is 1.00 bits per heavy atom. The highest BCUT2D eigenvalue weighted by atomic mass is 16.5. The van der Waals surface area contributed by atoms with Gasteiger partial charge in [0.1, 0.15) is 5.75 Å². The first kappa shape index (κ1) is 24.6. The van der Waals surface area contributed by atoms with Crippen LogP contribution < -0.4 is 20.3 Å². The summed E-state index contributed by atoms with van der Waals surface area (Å²) in [6, 6.07) is 15.2. The zero-order valence-corrected chi connectivity index (χ0v) is 20.7. The number of hydrogen-bond acceptors (Lipinski definition) is 6. The van der Waals surface area contributed by atoms with Gasteiger partial charge in [-0.15, -0.1) is 0 Å². The number of carbonyl (C=O) groups excluding carboxylic acids is 2. The summed E-state index contributed by atoms with van der Waals surface area (Å²) >= 11 is 0. The zero-order chi connectivity index (χ0) is 24.8. The number of anilines is 1. The maximum atomic E-state index is 13.0. The van der Waals surface area contributed by atoms with Gasteiger partial charge in [-0.05, 0) is 48.7 Å². The molecule has 0 radical (unpaired) electrons. The fourth-order valence-corrected chi connectivity index (χ4v) is 4.57. The number of ether oxygens (including phenoxy) is 2. The largest absolute Gasteiger partial charge is 0.497 e. The van der Waals surface area contributed by atoms with Crippen LogP contribution in [-0.2, 0) is 16.0 Å². The molecule has 2 N–H and O–H groups in total. The van der Waals surface area contributed by atoms with E-state index in [1.165, 1.54) is 5.56 Å². The second-order valence-electron chi connectivity index (χ2n) is 8.70. The summed E-state index contributed by atoms with van der Waals surface area (Å²) in [5.74, 6) is 0.433. The number of nitrogens with zero attached hydrogens (tertiary/aromatic N) is 2. The lowest BCUT2D eigenvalue weighted by Gasteiger charge is -2.38. The van der Waals surface area contributed by atoms with Gasteiger partial charge in [-0.2, -0.15) is 0 Å². The molecule has 2 aliphatic rings. The van der Waals surface area contributed by atoms with E-state index < -0.39 is 12.0 Å². The standard InChI is InChI=1S/C27H34N4O4/c1-4-19-6-8-20(9-7-19)25-24(26(32)35-5-2)23(28-27(33)29-25)18-30-14-16-31(17-15-30)21-10-12-22(34-3)13-11-21/h6-13,25H,4-5,14-18H2,1-3H3,(H2,28,29,33)/t25-/m0/s1. The molecule has 2 amide bonds. The molecule has 8 nitrogen and oxygen atoms in total. The first-order valence-electron chi connectivity index (χ1n) is 12.2. The molecule has 2 aromatic rings. The van der Waals surface area contributed by atoms with Crippen LogP contribution in [0.1, 0.15) is 31.0 Å². The van der Waals surface area contributed by atoms with Crippen LogP contribution in [0.2, 0.25) is 0 Å². The molecule has 0 aliphatic carbocycles. The van der Waals surface area contributed by atoms with Gasteiger partial charge in [-0.25, -0.2) is 9.59 Å². The molecule has 0 aromatic heterocycles. The number of amides is 2. The fourth-order valence-electron chi connectivity index (χ4n) is 4.57. The quantitative estimate of drug-likeness (QED) is 0.567. The highest BCUT2D eigenvalue weighted by Crippen LogP contribution is 2.29. The van der Waals surface area contributed by atoms with E-state index in [1.54, 1.807) is 14.0 Å². The van der Waals surface area contributed by atoms with E-state index in [0.29, 0.717) is 17.8 Å². The number of piperazine rings is 1. The molecule has 8 heteroatoms. The highest BCUT2D eigenvalue weighted by Gasteiger charge is 2.34. The summed E-state index contributed by atoms with van der Waals surface area (Å²) in [6.45, 7) is 7.95. The third-order valence-electron chi connectivity index (χ3n) is 6.56. The summed E-state index contributed by atoms with van der Waals surface area (Å²) in [5.41, 5.74) is 4.29. The Morgan fingerprint density at radius 3 is 2.29 bits per heavy atom. The smallest absolute Gasteiger partial charge is 0.338 e. The Hall–Kier alpha value is -3.52. The molecule has 0 saturated carbocycles. The monoisotopic (exact) mass is 478 g/mol. The van der Waals surface area contributed by atoms with Gasteiger partial charge in [-0.1, -0.05) is 31.2 Å². The number of nitrogens with one attached hydrogen (secondary N) is 2. The van der Waals surface area contributed by atoms with Crippen molar-refractivity contribution in [1.82, 2.24) is 15.5 Å². The molecule has 0 spiro atoms. The lowest BCUT2D eigenvalue weighted by atomic mass is 9.94. The van der Waals surface area contributed by atoms with Gasteiger partial charge in [-0.3, -0.25) is 4.90 Å². The maximum absolute atomic E-state index is 13.0. The van der Waals surface area contributed by atoms with Crippen LogP contribution in [0.15, 0.2) is 59.8 Å². The van der Waals surface area contributed by atoms with Crippen LogP contribution in [0, 0.1) is 0 Å². The first-order chi connectivity index (χ1) is 17.0. The highest BCUT2D eigenvalue weighted by molar-refractivity contribution is 5.95. The zero-order valence-electron chi connectivity index (χ0n) is 20.7. The predicted molar refractivity (Wildman–Crippen MR) is 136 cm³/mol. The molecule has 4 rings (SSSR count). The minimum Gasteiger partial charge on any atom is -0.497 e. The van der Waals surface area contributed by atoms with Crippen LogP contribution in [0.25, 0.3) is 0 Å². The Morgan fingerprint density at radius 2 is 1.69 bits per heavy atom. The molecule has 2 aliphatic heterocycles. The number of carbonyl (C=O) groups is 2. The third kappa shape index (κ3) is 5.77. The van der Waals surface area contributed by atoms with Gasteiger partial charge in [0.25, 0.3) is 0 Å². The molecule has 2 heterocycles. The molecule has 1 saturated heterocycles. The van der Waals surface area contributed by atoms with Gasteiger partial charge in [0.05, 0.1) is 25.3 Å². The number of esters is 1. The molecule has 186 valence electrons. The number of aryl methyl sites for hydroxylation is 1. The third-order valence-corrected chi connectivity index (χ3v) is 6.56. The van der Waals surface area contributed by atoms with Crippen LogP contribution in [0.3, 0.4) is 0 Å². The first-order valence-corrected chi connectivity index (χ1v) is 12.2. The van der Waals surface area contributed by atoms with E-state index in [9.17, 15) is 9.59 Å². The number of benzene rings is 2. The van der Waals surface area contributed by atoms with Crippen molar-refractivity contribution in [2.45, 2.75) is 26.3 Å². The van der Waals surface area contributed by atoms with Crippen LogP contribution >= 0.6 is 0 Å². The Labute approximate surface area is 206 Å². The number of urea groups is 1.